The lowest BCUT2D eigenvalue weighted by Crippen LogP contribution is -2.20. The molecule has 0 aliphatic rings. The second kappa shape index (κ2) is 5.12. The number of amides is 2. The van der Waals surface area contributed by atoms with Gasteiger partial charge in [-0.2, -0.15) is 0 Å². The molecule has 0 aliphatic heterocycles. The summed E-state index contributed by atoms with van der Waals surface area (Å²) in [6.07, 6.45) is 0. The quantitative estimate of drug-likeness (QED) is 0.645. The highest BCUT2D eigenvalue weighted by atomic mass is 16.3. The van der Waals surface area contributed by atoms with Gasteiger partial charge in [0.15, 0.2) is 5.69 Å². The van der Waals surface area contributed by atoms with E-state index in [1.54, 1.807) is 16.7 Å². The fraction of sp³-hybridized carbons (Fsp3) is 0.231. The molecule has 0 saturated heterocycles. The van der Waals surface area contributed by atoms with Crippen molar-refractivity contribution in [3.63, 3.8) is 0 Å². The minimum Gasteiger partial charge on any atom is -0.493 e. The molecule has 0 atom stereocenters. The second-order valence-corrected chi connectivity index (χ2v) is 4.52. The smallest absolute Gasteiger partial charge is 0.353 e. The second-order valence-electron chi connectivity index (χ2n) is 4.52. The standard InChI is InChI=1S/C13H14N4O3/c1-7(2)17-9-6-4-3-5-8(9)10(13(17)20)15-16-12(19)11(14)18/h3-7,20H,1-2H3,(H2,14,18). The third kappa shape index (κ3) is 2.25. The van der Waals surface area contributed by atoms with Crippen LogP contribution in [0.1, 0.15) is 19.9 Å². The molecular weight excluding hydrogens is 260 g/mol. The number of aromatic hydroxyl groups is 1. The van der Waals surface area contributed by atoms with Crippen molar-refractivity contribution >= 4 is 28.4 Å². The largest absolute Gasteiger partial charge is 0.493 e. The van der Waals surface area contributed by atoms with Crippen LogP contribution in [-0.4, -0.2) is 21.5 Å². The SMILES string of the molecule is CC(C)n1c(O)c(N=NC(=O)C(N)=O)c2ccccc21. The number of nitrogens with zero attached hydrogens (tertiary/aromatic N) is 3. The number of nitrogens with two attached hydrogens (primary N) is 1. The first-order chi connectivity index (χ1) is 9.43. The summed E-state index contributed by atoms with van der Waals surface area (Å²) in [6, 6.07) is 7.18. The normalized spacial score (nSPS) is 11.6. The zero-order valence-corrected chi connectivity index (χ0v) is 11.1. The molecule has 0 fully saturated rings. The Labute approximate surface area is 114 Å². The topological polar surface area (TPSA) is 110 Å². The van der Waals surface area contributed by atoms with Gasteiger partial charge < -0.3 is 15.4 Å². The number of primary amides is 1. The van der Waals surface area contributed by atoms with E-state index in [2.05, 4.69) is 10.2 Å². The predicted molar refractivity (Wildman–Crippen MR) is 72.7 cm³/mol. The molecule has 2 aromatic rings. The van der Waals surface area contributed by atoms with Crippen LogP contribution in [0.3, 0.4) is 0 Å². The minimum absolute atomic E-state index is 0.00399. The van der Waals surface area contributed by atoms with E-state index in [1.165, 1.54) is 0 Å². The predicted octanol–water partition coefficient (Wildman–Crippen LogP) is 2.02. The third-order valence-corrected chi connectivity index (χ3v) is 2.83. The van der Waals surface area contributed by atoms with Crippen molar-refractivity contribution in [3.05, 3.63) is 24.3 Å². The highest BCUT2D eigenvalue weighted by molar-refractivity contribution is 6.34. The molecule has 1 heterocycles. The summed E-state index contributed by atoms with van der Waals surface area (Å²) >= 11 is 0. The van der Waals surface area contributed by atoms with Crippen molar-refractivity contribution in [2.75, 3.05) is 0 Å². The molecule has 0 unspecified atom stereocenters. The van der Waals surface area contributed by atoms with Crippen molar-refractivity contribution < 1.29 is 14.7 Å². The van der Waals surface area contributed by atoms with Crippen LogP contribution in [0.4, 0.5) is 5.69 Å². The molecule has 0 saturated carbocycles. The Balaban J connectivity index is 2.62. The maximum absolute atomic E-state index is 11.1. The first-order valence-electron chi connectivity index (χ1n) is 6.01. The van der Waals surface area contributed by atoms with Gasteiger partial charge in [0.1, 0.15) is 0 Å². The number of benzene rings is 1. The molecule has 7 nitrogen and oxygen atoms in total. The number of fused-ring (bicyclic) bond motifs is 1. The summed E-state index contributed by atoms with van der Waals surface area (Å²) in [6.45, 7) is 3.81. The summed E-state index contributed by atoms with van der Waals surface area (Å²) < 4.78 is 1.67. The molecule has 0 spiro atoms. The Bertz CT molecular complexity index is 716. The molecule has 1 aromatic carbocycles. The third-order valence-electron chi connectivity index (χ3n) is 2.83. The van der Waals surface area contributed by atoms with Gasteiger partial charge in [0.2, 0.25) is 5.88 Å². The number of carbonyl (C=O) groups excluding carboxylic acids is 2. The molecule has 2 rings (SSSR count). The molecule has 20 heavy (non-hydrogen) atoms. The average molecular weight is 274 g/mol. The fourth-order valence-corrected chi connectivity index (χ4v) is 2.00. The summed E-state index contributed by atoms with van der Waals surface area (Å²) in [5.41, 5.74) is 5.70. The number of aromatic nitrogens is 1. The van der Waals surface area contributed by atoms with E-state index < -0.39 is 11.8 Å². The molecule has 3 N–H and O–H groups in total. The first-order valence-corrected chi connectivity index (χ1v) is 6.01. The minimum atomic E-state index is -1.19. The number of rotatable bonds is 2. The molecule has 7 heteroatoms. The van der Waals surface area contributed by atoms with E-state index in [0.717, 1.165) is 5.52 Å². The number of azo groups is 1. The van der Waals surface area contributed by atoms with Crippen LogP contribution in [0.15, 0.2) is 34.5 Å². The van der Waals surface area contributed by atoms with E-state index in [-0.39, 0.29) is 17.6 Å². The lowest BCUT2D eigenvalue weighted by Gasteiger charge is -2.10. The maximum Gasteiger partial charge on any atom is 0.353 e. The monoisotopic (exact) mass is 274 g/mol. The van der Waals surface area contributed by atoms with Gasteiger partial charge in [-0.3, -0.25) is 9.59 Å². The molecule has 0 bridgehead atoms. The number of carbonyl (C=O) groups is 2. The fourth-order valence-electron chi connectivity index (χ4n) is 2.00. The summed E-state index contributed by atoms with van der Waals surface area (Å²) in [7, 11) is 0. The highest BCUT2D eigenvalue weighted by Gasteiger charge is 2.18. The molecule has 0 radical (unpaired) electrons. The van der Waals surface area contributed by atoms with Crippen LogP contribution >= 0.6 is 0 Å². The van der Waals surface area contributed by atoms with E-state index in [0.29, 0.717) is 5.39 Å². The van der Waals surface area contributed by atoms with Crippen molar-refractivity contribution in [1.29, 1.82) is 0 Å². The van der Waals surface area contributed by atoms with Crippen LogP contribution in [0.5, 0.6) is 5.88 Å². The Kier molecular flexibility index (Phi) is 3.51. The zero-order valence-electron chi connectivity index (χ0n) is 11.1. The summed E-state index contributed by atoms with van der Waals surface area (Å²) in [5, 5.41) is 17.7. The van der Waals surface area contributed by atoms with E-state index in [9.17, 15) is 14.7 Å². The molecule has 0 aliphatic carbocycles. The zero-order chi connectivity index (χ0) is 14.9. The van der Waals surface area contributed by atoms with Gasteiger partial charge in [0.05, 0.1) is 5.52 Å². The van der Waals surface area contributed by atoms with Crippen LogP contribution in [0, 0.1) is 0 Å². The molecule has 104 valence electrons. The molecule has 1 aromatic heterocycles. The Morgan fingerprint density at radius 1 is 1.30 bits per heavy atom. The van der Waals surface area contributed by atoms with E-state index in [4.69, 9.17) is 5.73 Å². The van der Waals surface area contributed by atoms with Crippen LogP contribution in [-0.2, 0) is 9.59 Å². The van der Waals surface area contributed by atoms with Crippen molar-refractivity contribution in [1.82, 2.24) is 4.57 Å². The van der Waals surface area contributed by atoms with Gasteiger partial charge in [0, 0.05) is 11.4 Å². The van der Waals surface area contributed by atoms with Crippen molar-refractivity contribution in [3.8, 4) is 5.88 Å². The molecular formula is C13H14N4O3. The van der Waals surface area contributed by atoms with E-state index >= 15 is 0 Å². The van der Waals surface area contributed by atoms with Gasteiger partial charge in [-0.15, -0.1) is 10.2 Å². The van der Waals surface area contributed by atoms with Crippen LogP contribution in [0.2, 0.25) is 0 Å². The van der Waals surface area contributed by atoms with Gasteiger partial charge in [-0.25, -0.2) is 0 Å². The first kappa shape index (κ1) is 13.7. The van der Waals surface area contributed by atoms with Crippen molar-refractivity contribution in [2.24, 2.45) is 16.0 Å². The lowest BCUT2D eigenvalue weighted by atomic mass is 10.2. The average Bonchev–Trinajstić information content (AvgIpc) is 2.67. The Morgan fingerprint density at radius 3 is 2.55 bits per heavy atom. The van der Waals surface area contributed by atoms with Crippen molar-refractivity contribution in [2.45, 2.75) is 19.9 Å². The highest BCUT2D eigenvalue weighted by Crippen LogP contribution is 2.40. The van der Waals surface area contributed by atoms with Crippen LogP contribution < -0.4 is 5.73 Å². The molecule has 2 amide bonds. The van der Waals surface area contributed by atoms with Gasteiger partial charge in [-0.05, 0) is 19.9 Å². The van der Waals surface area contributed by atoms with Gasteiger partial charge in [0.25, 0.3) is 0 Å². The van der Waals surface area contributed by atoms with Gasteiger partial charge in [-0.1, -0.05) is 18.2 Å². The number of hydrogen-bond donors (Lipinski definition) is 2. The van der Waals surface area contributed by atoms with Crippen LogP contribution in [0.25, 0.3) is 10.9 Å². The van der Waals surface area contributed by atoms with Gasteiger partial charge >= 0.3 is 11.8 Å². The number of hydrogen-bond acceptors (Lipinski definition) is 4. The Morgan fingerprint density at radius 2 is 1.95 bits per heavy atom. The number of para-hydroxylation sites is 1. The lowest BCUT2D eigenvalue weighted by molar-refractivity contribution is -0.135. The maximum atomic E-state index is 11.1. The summed E-state index contributed by atoms with van der Waals surface area (Å²) in [4.78, 5) is 21.7. The summed E-state index contributed by atoms with van der Waals surface area (Å²) in [5.74, 6) is -2.46. The Hall–Kier alpha value is -2.70. The van der Waals surface area contributed by atoms with E-state index in [1.807, 2.05) is 26.0 Å².